The third-order valence-electron chi connectivity index (χ3n) is 5.10. The maximum atomic E-state index is 12.7. The minimum atomic E-state index is -3.55. The van der Waals surface area contributed by atoms with Crippen molar-refractivity contribution in [3.63, 3.8) is 0 Å². The zero-order valence-electron chi connectivity index (χ0n) is 16.5. The van der Waals surface area contributed by atoms with Crippen LogP contribution in [0.15, 0.2) is 33.7 Å². The number of ether oxygens (including phenoxy) is 2. The number of sulfonamides is 1. The molecule has 1 aromatic heterocycles. The van der Waals surface area contributed by atoms with Gasteiger partial charge in [0.1, 0.15) is 0 Å². The van der Waals surface area contributed by atoms with Crippen molar-refractivity contribution in [3.05, 3.63) is 30.2 Å². The molecule has 30 heavy (non-hydrogen) atoms. The summed E-state index contributed by atoms with van der Waals surface area (Å²) in [6.07, 6.45) is 0.644. The molecule has 2 aliphatic rings. The molecule has 0 bridgehead atoms. The number of aryl methyl sites for hydroxylation is 1. The SMILES string of the molecule is O=C(CCc1nc(-c2ccc(S(=O)(=O)N3CCOCC3)cc2)no1)N1CCOCC1. The molecule has 11 heteroatoms. The van der Waals surface area contributed by atoms with Gasteiger partial charge in [0.25, 0.3) is 0 Å². The molecular formula is C19H24N4O6S. The van der Waals surface area contributed by atoms with Crippen molar-refractivity contribution in [2.45, 2.75) is 17.7 Å². The van der Waals surface area contributed by atoms with E-state index in [2.05, 4.69) is 10.1 Å². The first kappa shape index (κ1) is 20.9. The Morgan fingerprint density at radius 3 is 2.27 bits per heavy atom. The monoisotopic (exact) mass is 436 g/mol. The first-order valence-electron chi connectivity index (χ1n) is 9.90. The first-order valence-corrected chi connectivity index (χ1v) is 11.3. The summed E-state index contributed by atoms with van der Waals surface area (Å²) < 4.78 is 42.5. The summed E-state index contributed by atoms with van der Waals surface area (Å²) in [7, 11) is -3.55. The Balaban J connectivity index is 1.38. The van der Waals surface area contributed by atoms with E-state index in [1.54, 1.807) is 17.0 Å². The maximum Gasteiger partial charge on any atom is 0.243 e. The highest BCUT2D eigenvalue weighted by Crippen LogP contribution is 2.22. The van der Waals surface area contributed by atoms with E-state index in [4.69, 9.17) is 14.0 Å². The minimum absolute atomic E-state index is 0.0377. The maximum absolute atomic E-state index is 12.7. The molecule has 0 radical (unpaired) electrons. The molecular weight excluding hydrogens is 412 g/mol. The molecule has 0 spiro atoms. The van der Waals surface area contributed by atoms with Gasteiger partial charge in [-0.2, -0.15) is 9.29 Å². The fraction of sp³-hybridized carbons (Fsp3) is 0.526. The summed E-state index contributed by atoms with van der Waals surface area (Å²) in [6.45, 7) is 3.83. The Bertz CT molecular complexity index is 963. The van der Waals surface area contributed by atoms with Crippen LogP contribution in [0.4, 0.5) is 0 Å². The molecule has 10 nitrogen and oxygen atoms in total. The largest absolute Gasteiger partial charge is 0.379 e. The first-order chi connectivity index (χ1) is 14.5. The van der Waals surface area contributed by atoms with Gasteiger partial charge in [0.2, 0.25) is 27.6 Å². The second-order valence-electron chi connectivity index (χ2n) is 7.05. The summed E-state index contributed by atoms with van der Waals surface area (Å²) in [5, 5.41) is 3.95. The van der Waals surface area contributed by atoms with Gasteiger partial charge in [-0.3, -0.25) is 4.79 Å². The van der Waals surface area contributed by atoms with Gasteiger partial charge in [0, 0.05) is 44.6 Å². The molecule has 2 fully saturated rings. The van der Waals surface area contributed by atoms with Crippen molar-refractivity contribution in [1.29, 1.82) is 0 Å². The van der Waals surface area contributed by atoms with E-state index in [0.29, 0.717) is 82.7 Å². The number of hydrogen-bond acceptors (Lipinski definition) is 8. The third-order valence-corrected chi connectivity index (χ3v) is 7.02. The van der Waals surface area contributed by atoms with Gasteiger partial charge in [-0.1, -0.05) is 5.16 Å². The van der Waals surface area contributed by atoms with Crippen LogP contribution in [0.5, 0.6) is 0 Å². The van der Waals surface area contributed by atoms with Crippen LogP contribution in [0, 0.1) is 0 Å². The molecule has 1 aromatic carbocycles. The van der Waals surface area contributed by atoms with Crippen molar-refractivity contribution in [3.8, 4) is 11.4 Å². The van der Waals surface area contributed by atoms with E-state index >= 15 is 0 Å². The molecule has 2 aromatic rings. The highest BCUT2D eigenvalue weighted by molar-refractivity contribution is 7.89. The van der Waals surface area contributed by atoms with Crippen LogP contribution in [-0.2, 0) is 30.7 Å². The number of aromatic nitrogens is 2. The molecule has 0 unspecified atom stereocenters. The van der Waals surface area contributed by atoms with Crippen LogP contribution >= 0.6 is 0 Å². The number of amides is 1. The van der Waals surface area contributed by atoms with E-state index < -0.39 is 10.0 Å². The minimum Gasteiger partial charge on any atom is -0.379 e. The average molecular weight is 436 g/mol. The topological polar surface area (TPSA) is 115 Å². The number of carbonyl (C=O) groups is 1. The fourth-order valence-corrected chi connectivity index (χ4v) is 4.78. The smallest absolute Gasteiger partial charge is 0.243 e. The summed E-state index contributed by atoms with van der Waals surface area (Å²) in [5.41, 5.74) is 0.644. The van der Waals surface area contributed by atoms with Gasteiger partial charge >= 0.3 is 0 Å². The predicted octanol–water partition coefficient (Wildman–Crippen LogP) is 0.549. The van der Waals surface area contributed by atoms with E-state index in [0.717, 1.165) is 0 Å². The van der Waals surface area contributed by atoms with E-state index in [9.17, 15) is 13.2 Å². The molecule has 0 saturated carbocycles. The standard InChI is InChI=1S/C19H24N4O6S/c24-18(22-7-11-27-12-8-22)6-5-17-20-19(21-29-17)15-1-3-16(4-2-15)30(25,26)23-9-13-28-14-10-23/h1-4H,5-14H2. The second-order valence-corrected chi connectivity index (χ2v) is 8.98. The number of carbonyl (C=O) groups excluding carboxylic acids is 1. The number of nitrogens with zero attached hydrogens (tertiary/aromatic N) is 4. The van der Waals surface area contributed by atoms with Crippen molar-refractivity contribution in [2.24, 2.45) is 0 Å². The number of benzene rings is 1. The molecule has 4 rings (SSSR count). The molecule has 1 amide bonds. The normalized spacial score (nSPS) is 18.5. The summed E-state index contributed by atoms with van der Waals surface area (Å²) in [5.74, 6) is 0.770. The van der Waals surface area contributed by atoms with E-state index in [1.807, 2.05) is 0 Å². The summed E-state index contributed by atoms with van der Waals surface area (Å²) >= 11 is 0. The number of hydrogen-bond donors (Lipinski definition) is 0. The Hall–Kier alpha value is -2.34. The molecule has 2 aliphatic heterocycles. The fourth-order valence-electron chi connectivity index (χ4n) is 3.37. The number of morpholine rings is 2. The average Bonchev–Trinajstić information content (AvgIpc) is 3.28. The molecule has 3 heterocycles. The van der Waals surface area contributed by atoms with Gasteiger partial charge in [0.15, 0.2) is 0 Å². The van der Waals surface area contributed by atoms with Crippen LogP contribution < -0.4 is 0 Å². The van der Waals surface area contributed by atoms with Crippen molar-refractivity contribution in [1.82, 2.24) is 19.3 Å². The molecule has 0 N–H and O–H groups in total. The summed E-state index contributed by atoms with van der Waals surface area (Å²) in [6, 6.07) is 6.39. The molecule has 2 saturated heterocycles. The lowest BCUT2D eigenvalue weighted by atomic mass is 10.2. The molecule has 0 aliphatic carbocycles. The van der Waals surface area contributed by atoms with Gasteiger partial charge in [-0.25, -0.2) is 8.42 Å². The highest BCUT2D eigenvalue weighted by atomic mass is 32.2. The third kappa shape index (κ3) is 4.69. The zero-order valence-corrected chi connectivity index (χ0v) is 17.3. The van der Waals surface area contributed by atoms with E-state index in [-0.39, 0.29) is 10.8 Å². The molecule has 0 atom stereocenters. The highest BCUT2D eigenvalue weighted by Gasteiger charge is 2.26. The van der Waals surface area contributed by atoms with Crippen molar-refractivity contribution in [2.75, 3.05) is 52.6 Å². The number of rotatable bonds is 6. The lowest BCUT2D eigenvalue weighted by molar-refractivity contribution is -0.135. The quantitative estimate of drug-likeness (QED) is 0.645. The molecule has 162 valence electrons. The zero-order chi connectivity index (χ0) is 21.0. The van der Waals surface area contributed by atoms with Crippen LogP contribution in [0.2, 0.25) is 0 Å². The van der Waals surface area contributed by atoms with Crippen molar-refractivity contribution >= 4 is 15.9 Å². The summed E-state index contributed by atoms with van der Waals surface area (Å²) in [4.78, 5) is 18.5. The predicted molar refractivity (Wildman–Crippen MR) is 105 cm³/mol. The van der Waals surface area contributed by atoms with Crippen LogP contribution in [0.1, 0.15) is 12.3 Å². The Morgan fingerprint density at radius 2 is 1.60 bits per heavy atom. The van der Waals surface area contributed by atoms with Gasteiger partial charge < -0.3 is 18.9 Å². The van der Waals surface area contributed by atoms with Crippen LogP contribution in [0.3, 0.4) is 0 Å². The second kappa shape index (κ2) is 9.21. The van der Waals surface area contributed by atoms with Crippen LogP contribution in [-0.4, -0.2) is 86.3 Å². The van der Waals surface area contributed by atoms with Gasteiger partial charge in [-0.05, 0) is 24.3 Å². The van der Waals surface area contributed by atoms with E-state index in [1.165, 1.54) is 16.4 Å². The lowest BCUT2D eigenvalue weighted by Gasteiger charge is -2.26. The van der Waals surface area contributed by atoms with Gasteiger partial charge in [0.05, 0.1) is 31.3 Å². The lowest BCUT2D eigenvalue weighted by Crippen LogP contribution is -2.40. The van der Waals surface area contributed by atoms with Crippen molar-refractivity contribution < 1.29 is 27.2 Å². The Morgan fingerprint density at radius 1 is 0.967 bits per heavy atom. The van der Waals surface area contributed by atoms with Crippen LogP contribution in [0.25, 0.3) is 11.4 Å². The van der Waals surface area contributed by atoms with Gasteiger partial charge in [-0.15, -0.1) is 0 Å². The Kier molecular flexibility index (Phi) is 6.42. The Labute approximate surface area is 174 Å².